The second-order valence-corrected chi connectivity index (χ2v) is 11.6. The molecule has 0 aromatic heterocycles. The largest absolute Gasteiger partial charge is 0.489 e. The van der Waals surface area contributed by atoms with Crippen molar-refractivity contribution < 1.29 is 19.0 Å². The SMILES string of the molecule is CCOC(=O)CC1(c2ccc(OCc3cccc(CN4c5ccccc5C5(CCNCC5)C4C)c3)cc2)COC1. The first-order valence-corrected chi connectivity index (χ1v) is 14.6. The van der Waals surface area contributed by atoms with Gasteiger partial charge in [-0.15, -0.1) is 0 Å². The normalized spacial score (nSPS) is 20.6. The Morgan fingerprint density at radius 1 is 1.00 bits per heavy atom. The highest BCUT2D eigenvalue weighted by molar-refractivity contribution is 5.72. The molecule has 3 aromatic carbocycles. The number of piperidine rings is 1. The molecule has 1 unspecified atom stereocenters. The second kappa shape index (κ2) is 11.3. The number of hydrogen-bond donors (Lipinski definition) is 1. The Morgan fingerprint density at radius 2 is 1.75 bits per heavy atom. The summed E-state index contributed by atoms with van der Waals surface area (Å²) in [4.78, 5) is 14.7. The zero-order valence-corrected chi connectivity index (χ0v) is 23.7. The van der Waals surface area contributed by atoms with Crippen LogP contribution in [-0.4, -0.2) is 44.9 Å². The van der Waals surface area contributed by atoms with E-state index in [1.807, 2.05) is 19.1 Å². The molecule has 1 N–H and O–H groups in total. The van der Waals surface area contributed by atoms with Crippen LogP contribution in [0.3, 0.4) is 0 Å². The predicted molar refractivity (Wildman–Crippen MR) is 157 cm³/mol. The third kappa shape index (κ3) is 4.99. The number of anilines is 1. The molecule has 6 rings (SSSR count). The van der Waals surface area contributed by atoms with Crippen molar-refractivity contribution in [1.29, 1.82) is 0 Å². The highest BCUT2D eigenvalue weighted by Crippen LogP contribution is 2.50. The van der Waals surface area contributed by atoms with Crippen LogP contribution in [0.1, 0.15) is 55.4 Å². The number of para-hydroxylation sites is 1. The lowest BCUT2D eigenvalue weighted by atomic mass is 9.70. The maximum Gasteiger partial charge on any atom is 0.306 e. The molecule has 6 heteroatoms. The molecule has 3 aliphatic heterocycles. The average Bonchev–Trinajstić information content (AvgIpc) is 3.18. The van der Waals surface area contributed by atoms with E-state index in [4.69, 9.17) is 14.2 Å². The molecular weight excluding hydrogens is 500 g/mol. The van der Waals surface area contributed by atoms with Gasteiger partial charge in [0.25, 0.3) is 0 Å². The lowest BCUT2D eigenvalue weighted by Crippen LogP contribution is -2.48. The molecule has 0 bridgehead atoms. The van der Waals surface area contributed by atoms with E-state index < -0.39 is 0 Å². The van der Waals surface area contributed by atoms with E-state index >= 15 is 0 Å². The fourth-order valence-electron chi connectivity index (χ4n) is 6.95. The van der Waals surface area contributed by atoms with Gasteiger partial charge >= 0.3 is 5.97 Å². The minimum Gasteiger partial charge on any atom is -0.489 e. The third-order valence-corrected chi connectivity index (χ3v) is 9.27. The van der Waals surface area contributed by atoms with Gasteiger partial charge in [-0.2, -0.15) is 0 Å². The second-order valence-electron chi connectivity index (χ2n) is 11.6. The topological polar surface area (TPSA) is 60.0 Å². The maximum atomic E-state index is 12.1. The highest BCUT2D eigenvalue weighted by atomic mass is 16.5. The summed E-state index contributed by atoms with van der Waals surface area (Å²) in [5.41, 5.74) is 6.39. The fourth-order valence-corrected chi connectivity index (χ4v) is 6.95. The Kier molecular flexibility index (Phi) is 7.56. The van der Waals surface area contributed by atoms with Crippen LogP contribution in [-0.2, 0) is 38.2 Å². The minimum absolute atomic E-state index is 0.177. The lowest BCUT2D eigenvalue weighted by Gasteiger charge is -2.41. The number of esters is 1. The Labute approximate surface area is 237 Å². The minimum atomic E-state index is -0.294. The molecule has 1 spiro atoms. The van der Waals surface area contributed by atoms with Gasteiger partial charge in [0.2, 0.25) is 0 Å². The number of carbonyl (C=O) groups is 1. The van der Waals surface area contributed by atoms with Gasteiger partial charge in [-0.3, -0.25) is 4.79 Å². The number of hydrogen-bond acceptors (Lipinski definition) is 6. The Morgan fingerprint density at radius 3 is 2.48 bits per heavy atom. The molecule has 40 heavy (non-hydrogen) atoms. The van der Waals surface area contributed by atoms with Crippen molar-refractivity contribution in [3.8, 4) is 5.75 Å². The van der Waals surface area contributed by atoms with Crippen molar-refractivity contribution in [3.63, 3.8) is 0 Å². The van der Waals surface area contributed by atoms with Gasteiger partial charge in [0.15, 0.2) is 0 Å². The predicted octanol–water partition coefficient (Wildman–Crippen LogP) is 5.52. The first kappa shape index (κ1) is 26.9. The van der Waals surface area contributed by atoms with Gasteiger partial charge in [-0.25, -0.2) is 0 Å². The monoisotopic (exact) mass is 540 g/mol. The van der Waals surface area contributed by atoms with E-state index in [0.717, 1.165) is 36.5 Å². The van der Waals surface area contributed by atoms with Gasteiger partial charge in [0.05, 0.1) is 31.7 Å². The van der Waals surface area contributed by atoms with Crippen molar-refractivity contribution in [2.45, 2.75) is 63.1 Å². The van der Waals surface area contributed by atoms with Crippen LogP contribution in [0, 0.1) is 0 Å². The molecule has 1 atom stereocenters. The van der Waals surface area contributed by atoms with Crippen LogP contribution in [0.15, 0.2) is 72.8 Å². The van der Waals surface area contributed by atoms with Crippen molar-refractivity contribution in [3.05, 3.63) is 95.1 Å². The third-order valence-electron chi connectivity index (χ3n) is 9.27. The van der Waals surface area contributed by atoms with E-state index in [9.17, 15) is 4.79 Å². The molecule has 2 fully saturated rings. The molecule has 0 saturated carbocycles. The number of nitrogens with one attached hydrogen (secondary N) is 1. The molecule has 3 aromatic rings. The van der Waals surface area contributed by atoms with Crippen molar-refractivity contribution in [2.75, 3.05) is 37.8 Å². The standard InChI is InChI=1S/C34H40N2O4/c1-3-39-32(37)20-33(23-38-24-33)28-11-13-29(14-12-28)40-22-27-8-6-7-26(19-27)21-36-25(2)34(15-17-35-18-16-34)30-9-4-5-10-31(30)36/h4-14,19,25,35H,3,15-18,20-24H2,1-2H3. The summed E-state index contributed by atoms with van der Waals surface area (Å²) >= 11 is 0. The first-order valence-electron chi connectivity index (χ1n) is 14.6. The summed E-state index contributed by atoms with van der Waals surface area (Å²) in [6.45, 7) is 9.28. The Bertz CT molecular complexity index is 1330. The first-order chi connectivity index (χ1) is 19.5. The Hall–Kier alpha value is -3.35. The van der Waals surface area contributed by atoms with Crippen LogP contribution >= 0.6 is 0 Å². The lowest BCUT2D eigenvalue weighted by molar-refractivity contribution is -0.151. The van der Waals surface area contributed by atoms with E-state index in [1.165, 1.54) is 29.7 Å². The van der Waals surface area contributed by atoms with Gasteiger partial charge in [0.1, 0.15) is 12.4 Å². The van der Waals surface area contributed by atoms with E-state index in [-0.39, 0.29) is 16.8 Å². The quantitative estimate of drug-likeness (QED) is 0.361. The van der Waals surface area contributed by atoms with Crippen molar-refractivity contribution >= 4 is 11.7 Å². The highest BCUT2D eigenvalue weighted by Gasteiger charge is 2.48. The van der Waals surface area contributed by atoms with Crippen LogP contribution in [0.2, 0.25) is 0 Å². The molecule has 0 radical (unpaired) electrons. The molecule has 0 amide bonds. The molecule has 0 aliphatic carbocycles. The van der Waals surface area contributed by atoms with E-state index in [1.54, 1.807) is 0 Å². The van der Waals surface area contributed by atoms with Gasteiger partial charge in [-0.05, 0) is 80.2 Å². The molecule has 6 nitrogen and oxygen atoms in total. The number of rotatable bonds is 9. The average molecular weight is 541 g/mol. The number of benzene rings is 3. The number of carbonyl (C=O) groups excluding carboxylic acids is 1. The molecule has 210 valence electrons. The zero-order valence-electron chi connectivity index (χ0n) is 23.7. The van der Waals surface area contributed by atoms with Crippen LogP contribution in [0.4, 0.5) is 5.69 Å². The summed E-state index contributed by atoms with van der Waals surface area (Å²) in [6.07, 6.45) is 2.71. The summed E-state index contributed by atoms with van der Waals surface area (Å²) in [5.74, 6) is 0.638. The smallest absolute Gasteiger partial charge is 0.306 e. The van der Waals surface area contributed by atoms with E-state index in [2.05, 4.69) is 77.8 Å². The maximum absolute atomic E-state index is 12.1. The fraction of sp³-hybridized carbons (Fsp3) is 0.441. The molecule has 2 saturated heterocycles. The zero-order chi connectivity index (χ0) is 27.6. The number of ether oxygens (including phenoxy) is 3. The van der Waals surface area contributed by atoms with Crippen molar-refractivity contribution in [1.82, 2.24) is 5.32 Å². The van der Waals surface area contributed by atoms with E-state index in [0.29, 0.717) is 38.9 Å². The Balaban J connectivity index is 1.11. The van der Waals surface area contributed by atoms with Crippen LogP contribution in [0.25, 0.3) is 0 Å². The molecular formula is C34H40N2O4. The van der Waals surface area contributed by atoms with Crippen LogP contribution in [0.5, 0.6) is 5.75 Å². The van der Waals surface area contributed by atoms with Gasteiger partial charge < -0.3 is 24.4 Å². The summed E-state index contributed by atoms with van der Waals surface area (Å²) in [7, 11) is 0. The van der Waals surface area contributed by atoms with Crippen LogP contribution < -0.4 is 15.0 Å². The number of fused-ring (bicyclic) bond motifs is 2. The summed E-state index contributed by atoms with van der Waals surface area (Å²) < 4.78 is 16.8. The summed E-state index contributed by atoms with van der Waals surface area (Å²) in [6, 6.07) is 26.3. The summed E-state index contributed by atoms with van der Waals surface area (Å²) in [5, 5.41) is 3.56. The van der Waals surface area contributed by atoms with Gasteiger partial charge in [-0.1, -0.05) is 54.6 Å². The number of nitrogens with zero attached hydrogens (tertiary/aromatic N) is 1. The van der Waals surface area contributed by atoms with Gasteiger partial charge in [0, 0.05) is 23.7 Å². The molecule has 3 heterocycles. The molecule has 3 aliphatic rings. The van der Waals surface area contributed by atoms with Crippen molar-refractivity contribution in [2.24, 2.45) is 0 Å².